The number of aromatic nitrogens is 2. The van der Waals surface area contributed by atoms with Gasteiger partial charge in [0.2, 0.25) is 5.89 Å². The number of fused-ring (bicyclic) bond motifs is 1. The molecule has 0 fully saturated rings. The van der Waals surface area contributed by atoms with Crippen LogP contribution in [0.25, 0.3) is 34.1 Å². The highest BCUT2D eigenvalue weighted by molar-refractivity contribution is 5.86. The minimum atomic E-state index is 0.386. The van der Waals surface area contributed by atoms with Crippen LogP contribution in [0.15, 0.2) is 57.4 Å². The van der Waals surface area contributed by atoms with E-state index in [2.05, 4.69) is 17.1 Å². The zero-order valence-electron chi connectivity index (χ0n) is 14.9. The van der Waals surface area contributed by atoms with E-state index in [1.54, 1.807) is 0 Å². The van der Waals surface area contributed by atoms with E-state index >= 15 is 0 Å². The van der Waals surface area contributed by atoms with E-state index in [1.807, 2.05) is 55.5 Å². The highest BCUT2D eigenvalue weighted by atomic mass is 16.5. The van der Waals surface area contributed by atoms with Crippen LogP contribution in [-0.2, 0) is 0 Å². The second-order valence-corrected chi connectivity index (χ2v) is 6.19. The first kappa shape index (κ1) is 16.4. The monoisotopic (exact) mass is 348 g/mol. The number of hydrogen-bond donors (Lipinski definition) is 0. The summed E-state index contributed by atoms with van der Waals surface area (Å²) in [4.78, 5) is 0. The van der Waals surface area contributed by atoms with Crippen LogP contribution in [0.1, 0.15) is 25.3 Å². The second-order valence-electron chi connectivity index (χ2n) is 6.19. The molecule has 4 aromatic rings. The number of ether oxygens (including phenoxy) is 1. The quantitative estimate of drug-likeness (QED) is 0.422. The molecule has 0 radical (unpaired) electrons. The first-order valence-electron chi connectivity index (χ1n) is 8.81. The van der Waals surface area contributed by atoms with Gasteiger partial charge in [0.25, 0.3) is 5.89 Å². The Labute approximate surface area is 151 Å². The van der Waals surface area contributed by atoms with Gasteiger partial charge in [-0.2, -0.15) is 0 Å². The molecule has 132 valence electrons. The highest BCUT2D eigenvalue weighted by Gasteiger charge is 2.18. The van der Waals surface area contributed by atoms with E-state index in [0.29, 0.717) is 17.5 Å². The first-order valence-corrected chi connectivity index (χ1v) is 8.81. The molecule has 2 aromatic carbocycles. The van der Waals surface area contributed by atoms with Crippen molar-refractivity contribution in [3.05, 3.63) is 54.1 Å². The van der Waals surface area contributed by atoms with E-state index in [1.165, 1.54) is 0 Å². The molecule has 0 unspecified atom stereocenters. The normalized spacial score (nSPS) is 11.2. The Bertz CT molecular complexity index is 1020. The van der Waals surface area contributed by atoms with Gasteiger partial charge in [-0.1, -0.05) is 31.5 Å². The molecule has 0 amide bonds. The van der Waals surface area contributed by atoms with Gasteiger partial charge in [0.05, 0.1) is 6.61 Å². The van der Waals surface area contributed by atoms with Gasteiger partial charge < -0.3 is 13.6 Å². The second kappa shape index (κ2) is 7.04. The molecule has 0 N–H and O–H groups in total. The zero-order chi connectivity index (χ0) is 17.9. The van der Waals surface area contributed by atoms with Gasteiger partial charge >= 0.3 is 0 Å². The number of hydrogen-bond acceptors (Lipinski definition) is 5. The largest absolute Gasteiger partial charge is 0.494 e. The summed E-state index contributed by atoms with van der Waals surface area (Å²) in [6, 6.07) is 15.6. The summed E-state index contributed by atoms with van der Waals surface area (Å²) < 4.78 is 17.4. The minimum Gasteiger partial charge on any atom is -0.494 e. The SMILES string of the molecule is CCCCOc1ccc(-c2nnc(-c3oc4ccccc4c3C)o2)cc1. The maximum atomic E-state index is 5.89. The Kier molecular flexibility index (Phi) is 4.44. The van der Waals surface area contributed by atoms with Crippen molar-refractivity contribution in [2.24, 2.45) is 0 Å². The lowest BCUT2D eigenvalue weighted by atomic mass is 10.1. The molecular weight excluding hydrogens is 328 g/mol. The van der Waals surface area contributed by atoms with Gasteiger partial charge in [-0.3, -0.25) is 0 Å². The Morgan fingerprint density at radius 2 is 1.69 bits per heavy atom. The van der Waals surface area contributed by atoms with Crippen molar-refractivity contribution in [1.29, 1.82) is 0 Å². The highest BCUT2D eigenvalue weighted by Crippen LogP contribution is 2.33. The molecule has 0 aliphatic rings. The number of rotatable bonds is 6. The summed E-state index contributed by atoms with van der Waals surface area (Å²) in [6.45, 7) is 4.86. The Balaban J connectivity index is 1.58. The van der Waals surface area contributed by atoms with E-state index in [9.17, 15) is 0 Å². The molecule has 2 aromatic heterocycles. The molecule has 2 heterocycles. The van der Waals surface area contributed by atoms with Gasteiger partial charge in [-0.25, -0.2) is 0 Å². The Morgan fingerprint density at radius 1 is 0.923 bits per heavy atom. The predicted octanol–water partition coefficient (Wildman–Crippen LogP) is 5.64. The van der Waals surface area contributed by atoms with Crippen LogP contribution in [0.4, 0.5) is 0 Å². The van der Waals surface area contributed by atoms with Gasteiger partial charge in [0.15, 0.2) is 5.76 Å². The molecule has 0 saturated heterocycles. The standard InChI is InChI=1S/C21H20N2O3/c1-3-4-13-24-16-11-9-15(10-12-16)20-22-23-21(26-20)19-14(2)17-7-5-6-8-18(17)25-19/h5-12H,3-4,13H2,1-2H3. The molecule has 0 saturated carbocycles. The molecule has 4 rings (SSSR count). The van der Waals surface area contributed by atoms with Crippen molar-refractivity contribution >= 4 is 11.0 Å². The van der Waals surface area contributed by atoms with E-state index in [0.717, 1.165) is 47.3 Å². The molecule has 0 bridgehead atoms. The van der Waals surface area contributed by atoms with Gasteiger partial charge in [0.1, 0.15) is 11.3 Å². The van der Waals surface area contributed by atoms with Gasteiger partial charge in [0, 0.05) is 16.5 Å². The molecule has 0 aliphatic heterocycles. The molecule has 0 aliphatic carbocycles. The summed E-state index contributed by atoms with van der Waals surface area (Å²) in [6.07, 6.45) is 2.16. The lowest BCUT2D eigenvalue weighted by molar-refractivity contribution is 0.309. The maximum absolute atomic E-state index is 5.89. The van der Waals surface area contributed by atoms with Crippen molar-refractivity contribution in [2.45, 2.75) is 26.7 Å². The van der Waals surface area contributed by atoms with Crippen LogP contribution in [0.2, 0.25) is 0 Å². The molecule has 0 spiro atoms. The lowest BCUT2D eigenvalue weighted by Gasteiger charge is -2.04. The topological polar surface area (TPSA) is 61.3 Å². The lowest BCUT2D eigenvalue weighted by Crippen LogP contribution is -1.95. The van der Waals surface area contributed by atoms with Crippen LogP contribution in [0.5, 0.6) is 5.75 Å². The third kappa shape index (κ3) is 3.08. The minimum absolute atomic E-state index is 0.386. The summed E-state index contributed by atoms with van der Waals surface area (Å²) in [5.74, 6) is 2.30. The van der Waals surface area contributed by atoms with Crippen LogP contribution in [0, 0.1) is 6.92 Å². The van der Waals surface area contributed by atoms with Crippen molar-refractivity contribution in [1.82, 2.24) is 10.2 Å². The number of nitrogens with zero attached hydrogens (tertiary/aromatic N) is 2. The number of aryl methyl sites for hydroxylation is 1. The zero-order valence-corrected chi connectivity index (χ0v) is 14.9. The van der Waals surface area contributed by atoms with Crippen molar-refractivity contribution < 1.29 is 13.6 Å². The average molecular weight is 348 g/mol. The summed E-state index contributed by atoms with van der Waals surface area (Å²) in [7, 11) is 0. The van der Waals surface area contributed by atoms with Crippen LogP contribution >= 0.6 is 0 Å². The molecule has 5 nitrogen and oxygen atoms in total. The fourth-order valence-electron chi connectivity index (χ4n) is 2.84. The van der Waals surface area contributed by atoms with Crippen molar-refractivity contribution in [3.8, 4) is 28.9 Å². The number of unbranched alkanes of at least 4 members (excludes halogenated alkanes) is 1. The van der Waals surface area contributed by atoms with Gasteiger partial charge in [-0.05, 0) is 43.7 Å². The van der Waals surface area contributed by atoms with Crippen LogP contribution in [0.3, 0.4) is 0 Å². The summed E-state index contributed by atoms with van der Waals surface area (Å²) in [5.41, 5.74) is 2.66. The van der Waals surface area contributed by atoms with Crippen molar-refractivity contribution in [3.63, 3.8) is 0 Å². The van der Waals surface area contributed by atoms with E-state index in [4.69, 9.17) is 13.6 Å². The smallest absolute Gasteiger partial charge is 0.284 e. The number of benzene rings is 2. The maximum Gasteiger partial charge on any atom is 0.284 e. The molecular formula is C21H20N2O3. The average Bonchev–Trinajstić information content (AvgIpc) is 3.28. The third-order valence-electron chi connectivity index (χ3n) is 4.33. The molecule has 26 heavy (non-hydrogen) atoms. The number of para-hydroxylation sites is 1. The van der Waals surface area contributed by atoms with Gasteiger partial charge in [-0.15, -0.1) is 10.2 Å². The summed E-state index contributed by atoms with van der Waals surface area (Å²) >= 11 is 0. The predicted molar refractivity (Wildman–Crippen MR) is 100 cm³/mol. The van der Waals surface area contributed by atoms with Crippen molar-refractivity contribution in [2.75, 3.05) is 6.61 Å². The van der Waals surface area contributed by atoms with Crippen LogP contribution in [-0.4, -0.2) is 16.8 Å². The Hall–Kier alpha value is -3.08. The third-order valence-corrected chi connectivity index (χ3v) is 4.33. The van der Waals surface area contributed by atoms with Crippen LogP contribution < -0.4 is 4.74 Å². The fourth-order valence-corrected chi connectivity index (χ4v) is 2.84. The molecule has 5 heteroatoms. The first-order chi connectivity index (χ1) is 12.8. The van der Waals surface area contributed by atoms with E-state index in [-0.39, 0.29) is 0 Å². The fraction of sp³-hybridized carbons (Fsp3) is 0.238. The Morgan fingerprint density at radius 3 is 2.46 bits per heavy atom. The summed E-state index contributed by atoms with van der Waals surface area (Å²) in [5, 5.41) is 9.37. The number of furan rings is 1. The van der Waals surface area contributed by atoms with E-state index < -0.39 is 0 Å². The molecule has 0 atom stereocenters.